The van der Waals surface area contributed by atoms with Gasteiger partial charge in [-0.2, -0.15) is 0 Å². The van der Waals surface area contributed by atoms with Crippen LogP contribution in [0, 0.1) is 0 Å². The number of hydrogen-bond acceptors (Lipinski definition) is 1. The summed E-state index contributed by atoms with van der Waals surface area (Å²) in [7, 11) is 0. The molecule has 0 bridgehead atoms. The minimum absolute atomic E-state index is 0.398. The zero-order valence-corrected chi connectivity index (χ0v) is 9.76. The number of carbonyl (C=O) groups excluding carboxylic acids is 1. The summed E-state index contributed by atoms with van der Waals surface area (Å²) in [5.41, 5.74) is 0. The molecule has 0 saturated heterocycles. The molecule has 0 aliphatic rings. The van der Waals surface area contributed by atoms with Gasteiger partial charge in [0, 0.05) is 4.65 Å². The Morgan fingerprint density at radius 1 is 1.33 bits per heavy atom. The van der Waals surface area contributed by atoms with Crippen LogP contribution in [0.25, 0.3) is 0 Å². The monoisotopic (exact) mass is 158 g/mol. The fourth-order valence-corrected chi connectivity index (χ4v) is 0. The summed E-state index contributed by atoms with van der Waals surface area (Å²) in [6.07, 6.45) is 0. The molecule has 0 spiro atoms. The molecular formula is C6H16Al2O. The maximum absolute atomic E-state index is 10.2. The zero-order chi connectivity index (χ0) is 7.86. The van der Waals surface area contributed by atoms with E-state index < -0.39 is 14.1 Å². The summed E-state index contributed by atoms with van der Waals surface area (Å²) in [6.45, 7) is 1.66. The van der Waals surface area contributed by atoms with Crippen LogP contribution in [-0.2, 0) is 4.79 Å². The van der Waals surface area contributed by atoms with E-state index in [0.717, 1.165) is 0 Å². The van der Waals surface area contributed by atoms with Gasteiger partial charge < -0.3 is 4.79 Å². The normalized spacial score (nSPS) is 6.78. The van der Waals surface area contributed by atoms with Crippen molar-refractivity contribution in [3.05, 3.63) is 0 Å². The van der Waals surface area contributed by atoms with Gasteiger partial charge in [0.05, 0.1) is 0 Å². The first-order valence-electron chi connectivity index (χ1n) is 3.56. The summed E-state index contributed by atoms with van der Waals surface area (Å²) < 4.78 is 0.398. The molecule has 0 heterocycles. The van der Waals surface area contributed by atoms with E-state index in [1.54, 1.807) is 6.92 Å². The molecule has 0 aromatic heterocycles. The van der Waals surface area contributed by atoms with Crippen LogP contribution >= 0.6 is 0 Å². The van der Waals surface area contributed by atoms with Gasteiger partial charge in [0.2, 0.25) is 15.2 Å². The lowest BCUT2D eigenvalue weighted by molar-refractivity contribution is -0.110. The third kappa shape index (κ3) is 17.7. The minimum atomic E-state index is -0.883. The first-order valence-corrected chi connectivity index (χ1v) is 9.28. The lowest BCUT2D eigenvalue weighted by Crippen LogP contribution is -2.11. The number of rotatable bonds is 1. The molecule has 0 aromatic carbocycles. The molecule has 52 valence electrons. The molecule has 9 heavy (non-hydrogen) atoms. The topological polar surface area (TPSA) is 17.1 Å². The Morgan fingerprint density at radius 2 is 1.44 bits per heavy atom. The van der Waals surface area contributed by atoms with Gasteiger partial charge in [0.25, 0.3) is 0 Å². The van der Waals surface area contributed by atoms with Gasteiger partial charge >= 0.3 is 14.1 Å². The van der Waals surface area contributed by atoms with Crippen molar-refractivity contribution in [1.82, 2.24) is 0 Å². The van der Waals surface area contributed by atoms with Crippen LogP contribution in [0.5, 0.6) is 0 Å². The number of hydrogen-bond donors (Lipinski definition) is 0. The van der Waals surface area contributed by atoms with Crippen LogP contribution in [0.3, 0.4) is 0 Å². The lowest BCUT2D eigenvalue weighted by Gasteiger charge is -1.82. The average molecular weight is 158 g/mol. The zero-order valence-electron chi connectivity index (χ0n) is 7.19. The summed E-state index contributed by atoms with van der Waals surface area (Å²) in [6, 6.07) is 0. The Hall–Kier alpha value is 0.735. The van der Waals surface area contributed by atoms with Crippen molar-refractivity contribution in [3.8, 4) is 0 Å². The standard InChI is InChI=1S/C2H3O.4CH3.2Al.H/c1-2-3;;;;;;;/h1H3;4*1H3;;;. The van der Waals surface area contributed by atoms with E-state index in [4.69, 9.17) is 0 Å². The van der Waals surface area contributed by atoms with Gasteiger partial charge in [-0.25, -0.2) is 0 Å². The van der Waals surface area contributed by atoms with Gasteiger partial charge in [-0.1, -0.05) is 11.6 Å². The summed E-state index contributed by atoms with van der Waals surface area (Å²) in [5, 5.41) is 0. The predicted octanol–water partition coefficient (Wildman–Crippen LogP) is 1.39. The van der Waals surface area contributed by atoms with E-state index in [-0.39, 0.29) is 0 Å². The number of carbonyl (C=O) groups is 1. The van der Waals surface area contributed by atoms with Crippen molar-refractivity contribution < 1.29 is 4.79 Å². The smallest absolute Gasteiger partial charge is 0.321 e. The highest BCUT2D eigenvalue weighted by molar-refractivity contribution is 6.87. The highest BCUT2D eigenvalue weighted by Crippen LogP contribution is 1.77. The highest BCUT2D eigenvalue weighted by atomic mass is 27.2. The van der Waals surface area contributed by atoms with Gasteiger partial charge in [0.15, 0.2) is 0 Å². The molecule has 0 amide bonds. The van der Waals surface area contributed by atoms with Crippen molar-refractivity contribution in [2.45, 2.75) is 30.1 Å². The van der Waals surface area contributed by atoms with Crippen LogP contribution in [0.1, 0.15) is 6.92 Å². The maximum Gasteiger partial charge on any atom is 0.358 e. The van der Waals surface area contributed by atoms with Crippen molar-refractivity contribution in [3.63, 3.8) is 0 Å². The van der Waals surface area contributed by atoms with Crippen LogP contribution in [0.4, 0.5) is 0 Å². The molecule has 1 nitrogen and oxygen atoms in total. The molecule has 0 aliphatic carbocycles. The molecule has 3 heteroatoms. The molecule has 0 fully saturated rings. The third-order valence-corrected chi connectivity index (χ3v) is 2.44. The van der Waals surface area contributed by atoms with Crippen LogP contribution in [-0.4, -0.2) is 34.0 Å². The van der Waals surface area contributed by atoms with E-state index in [1.165, 1.54) is 0 Å². The van der Waals surface area contributed by atoms with Crippen LogP contribution < -0.4 is 0 Å². The molecule has 0 atom stereocenters. The maximum atomic E-state index is 10.2. The molecule has 0 radical (unpaired) electrons. The Bertz CT molecular complexity index is 71.5. The first-order chi connectivity index (χ1) is 4.06. The fourth-order valence-electron chi connectivity index (χ4n) is 0. The molecular weight excluding hydrogens is 142 g/mol. The second-order valence-electron chi connectivity index (χ2n) is 2.47. The van der Waals surface area contributed by atoms with Crippen molar-refractivity contribution in [2.75, 3.05) is 0 Å². The van der Waals surface area contributed by atoms with E-state index in [9.17, 15) is 4.79 Å². The van der Waals surface area contributed by atoms with Gasteiger partial charge in [-0.15, -0.1) is 11.6 Å². The Kier molecular flexibility index (Phi) is 12.0. The average Bonchev–Trinajstić information content (AvgIpc) is 1.68. The Labute approximate surface area is 68.9 Å². The van der Waals surface area contributed by atoms with Crippen molar-refractivity contribution in [2.24, 2.45) is 0 Å². The SMILES string of the molecule is C[C](=O)[Al]([CH3])[CH3].[CH3][AlH][CH3]. The molecule has 0 N–H and O–H groups in total. The first kappa shape index (κ1) is 12.4. The van der Waals surface area contributed by atoms with E-state index >= 15 is 0 Å². The molecule has 0 aromatic rings. The quantitative estimate of drug-likeness (QED) is 0.527. The van der Waals surface area contributed by atoms with Crippen molar-refractivity contribution >= 4 is 34.0 Å². The van der Waals surface area contributed by atoms with Gasteiger partial charge in [0.1, 0.15) is 0 Å². The third-order valence-electron chi connectivity index (χ3n) is 0.813. The lowest BCUT2D eigenvalue weighted by atomic mass is 10.9. The largest absolute Gasteiger partial charge is 0.358 e. The second-order valence-corrected chi connectivity index (χ2v) is 7.01. The fraction of sp³-hybridized carbons (Fsp3) is 0.833. The second kappa shape index (κ2) is 8.73. The Balaban J connectivity index is 0. The Morgan fingerprint density at radius 3 is 1.44 bits per heavy atom. The summed E-state index contributed by atoms with van der Waals surface area (Å²) >= 11 is -0.466. The highest BCUT2D eigenvalue weighted by Gasteiger charge is 2.05. The van der Waals surface area contributed by atoms with Crippen molar-refractivity contribution in [1.29, 1.82) is 0 Å². The predicted molar refractivity (Wildman–Crippen MR) is 47.0 cm³/mol. The van der Waals surface area contributed by atoms with Crippen LogP contribution in [0.2, 0.25) is 23.1 Å². The molecule has 0 unspecified atom stereocenters. The molecule has 0 aliphatic heterocycles. The van der Waals surface area contributed by atoms with Gasteiger partial charge in [-0.05, 0) is 6.92 Å². The van der Waals surface area contributed by atoms with Gasteiger partial charge in [-0.3, -0.25) is 0 Å². The van der Waals surface area contributed by atoms with Crippen LogP contribution in [0.15, 0.2) is 0 Å². The van der Waals surface area contributed by atoms with E-state index in [2.05, 4.69) is 11.6 Å². The molecule has 0 rings (SSSR count). The van der Waals surface area contributed by atoms with E-state index in [0.29, 0.717) is 19.9 Å². The molecule has 0 saturated carbocycles. The van der Waals surface area contributed by atoms with E-state index in [1.807, 2.05) is 11.6 Å². The minimum Gasteiger partial charge on any atom is -0.321 e. The summed E-state index contributed by atoms with van der Waals surface area (Å²) in [5.74, 6) is 8.59. The summed E-state index contributed by atoms with van der Waals surface area (Å²) in [4.78, 5) is 10.2.